The molecule has 0 rings (SSSR count). The molecule has 0 aliphatic carbocycles. The summed E-state index contributed by atoms with van der Waals surface area (Å²) < 4.78 is 118. The van der Waals surface area contributed by atoms with E-state index in [1.165, 1.54) is 0 Å². The van der Waals surface area contributed by atoms with Gasteiger partial charge in [-0.05, 0) is 19.3 Å². The van der Waals surface area contributed by atoms with Crippen molar-refractivity contribution in [1.82, 2.24) is 0 Å². The van der Waals surface area contributed by atoms with Crippen molar-refractivity contribution in [2.24, 2.45) is 0 Å². The highest BCUT2D eigenvalue weighted by molar-refractivity contribution is 5.03. The van der Waals surface area contributed by atoms with E-state index < -0.39 is 43.4 Å². The summed E-state index contributed by atoms with van der Waals surface area (Å²) in [7, 11) is 0. The van der Waals surface area contributed by atoms with Crippen molar-refractivity contribution in [1.29, 1.82) is 0 Å². The van der Waals surface area contributed by atoms with Gasteiger partial charge in [-0.15, -0.1) is 0 Å². The lowest BCUT2D eigenvalue weighted by molar-refractivity contribution is -0.384. The Balaban J connectivity index is 4.37. The Labute approximate surface area is 140 Å². The second-order valence-electron chi connectivity index (χ2n) is 5.85. The van der Waals surface area contributed by atoms with Gasteiger partial charge >= 0.3 is 18.3 Å². The normalized spacial score (nSPS) is 16.1. The van der Waals surface area contributed by atoms with E-state index in [0.29, 0.717) is 6.42 Å². The van der Waals surface area contributed by atoms with Gasteiger partial charge in [0.05, 0.1) is 0 Å². The van der Waals surface area contributed by atoms with Gasteiger partial charge < -0.3 is 4.74 Å². The minimum atomic E-state index is -6.64. The summed E-state index contributed by atoms with van der Waals surface area (Å²) in [6, 6.07) is 0. The number of hydrogen-bond donors (Lipinski definition) is 0. The molecule has 10 heteroatoms. The molecule has 0 aromatic heterocycles. The molecule has 0 aromatic carbocycles. The van der Waals surface area contributed by atoms with E-state index in [1.54, 1.807) is 0 Å². The first-order chi connectivity index (χ1) is 11.3. The Bertz CT molecular complexity index is 365. The van der Waals surface area contributed by atoms with Gasteiger partial charge in [0.25, 0.3) is 5.67 Å². The lowest BCUT2D eigenvalue weighted by Crippen LogP contribution is -2.62. The molecule has 0 heterocycles. The van der Waals surface area contributed by atoms with Crippen LogP contribution in [-0.4, -0.2) is 37.2 Å². The molecule has 0 radical (unpaired) electrons. The van der Waals surface area contributed by atoms with Crippen molar-refractivity contribution in [3.8, 4) is 0 Å². The van der Waals surface area contributed by atoms with Crippen LogP contribution in [0.25, 0.3) is 0 Å². The Morgan fingerprint density at radius 2 is 1.08 bits per heavy atom. The lowest BCUT2D eigenvalue weighted by atomic mass is 9.91. The van der Waals surface area contributed by atoms with E-state index in [9.17, 15) is 39.5 Å². The van der Waals surface area contributed by atoms with Crippen LogP contribution >= 0.6 is 0 Å². The highest BCUT2D eigenvalue weighted by Crippen LogP contribution is 2.54. The maximum atomic E-state index is 13.7. The monoisotopic (exact) mass is 390 g/mol. The number of unbranched alkanes of at least 4 members (excludes halogenated alkanes) is 5. The van der Waals surface area contributed by atoms with E-state index in [2.05, 4.69) is 0 Å². The number of hydrogen-bond acceptors (Lipinski definition) is 1. The van der Waals surface area contributed by atoms with Gasteiger partial charge in [-0.25, -0.2) is 4.39 Å². The van der Waals surface area contributed by atoms with Gasteiger partial charge in [0.1, 0.15) is 0 Å². The maximum Gasteiger partial charge on any atom is 0.457 e. The van der Waals surface area contributed by atoms with Gasteiger partial charge in [0, 0.05) is 13.2 Å². The van der Waals surface area contributed by atoms with Crippen molar-refractivity contribution in [3.63, 3.8) is 0 Å². The fraction of sp³-hybridized carbons (Fsp3) is 1.00. The Hall–Kier alpha value is -0.670. The number of alkyl halides is 9. The molecule has 0 N–H and O–H groups in total. The molecule has 0 fully saturated rings. The van der Waals surface area contributed by atoms with Crippen LogP contribution < -0.4 is 0 Å². The predicted octanol–water partition coefficient (Wildman–Crippen LogP) is 6.61. The molecule has 0 amide bonds. The molecule has 152 valence electrons. The average molecular weight is 390 g/mol. The van der Waals surface area contributed by atoms with E-state index >= 15 is 0 Å². The summed E-state index contributed by atoms with van der Waals surface area (Å²) in [5.74, 6) is -6.53. The molecule has 0 bridgehead atoms. The summed E-state index contributed by atoms with van der Waals surface area (Å²) in [4.78, 5) is 0. The Morgan fingerprint density at radius 1 is 0.600 bits per heavy atom. The standard InChI is InChI=1S/C15H23F9O/c1-2-3-4-5-6-7-10-25-11-8-9-12(16,14(19,20)21)13(17,18)15(22,23)24/h2-11H2,1H3. The molecule has 0 aromatic rings. The smallest absolute Gasteiger partial charge is 0.381 e. The van der Waals surface area contributed by atoms with Crippen LogP contribution in [0.3, 0.4) is 0 Å². The summed E-state index contributed by atoms with van der Waals surface area (Å²) in [6.45, 7) is 1.65. The quantitative estimate of drug-likeness (QED) is 0.269. The van der Waals surface area contributed by atoms with Crippen LogP contribution in [0.15, 0.2) is 0 Å². The Morgan fingerprint density at radius 3 is 1.56 bits per heavy atom. The summed E-state index contributed by atoms with van der Waals surface area (Å²) >= 11 is 0. The van der Waals surface area contributed by atoms with E-state index in [-0.39, 0.29) is 6.61 Å². The fourth-order valence-corrected chi connectivity index (χ4v) is 2.21. The molecule has 25 heavy (non-hydrogen) atoms. The zero-order valence-electron chi connectivity index (χ0n) is 13.9. The van der Waals surface area contributed by atoms with Crippen molar-refractivity contribution < 1.29 is 44.3 Å². The van der Waals surface area contributed by atoms with Gasteiger partial charge in [-0.3, -0.25) is 0 Å². The number of ether oxygens (including phenoxy) is 1. The first-order valence-electron chi connectivity index (χ1n) is 8.09. The molecule has 0 spiro atoms. The zero-order chi connectivity index (χ0) is 19.8. The summed E-state index contributed by atoms with van der Waals surface area (Å²) in [5, 5.41) is 0. The lowest BCUT2D eigenvalue weighted by Gasteiger charge is -2.35. The predicted molar refractivity (Wildman–Crippen MR) is 74.3 cm³/mol. The Kier molecular flexibility index (Phi) is 9.61. The summed E-state index contributed by atoms with van der Waals surface area (Å²) in [6.07, 6.45) is -10.4. The average Bonchev–Trinajstić information content (AvgIpc) is 2.46. The molecule has 0 saturated carbocycles. The highest BCUT2D eigenvalue weighted by Gasteiger charge is 2.80. The van der Waals surface area contributed by atoms with Gasteiger partial charge in [-0.2, -0.15) is 35.1 Å². The fourth-order valence-electron chi connectivity index (χ4n) is 2.21. The van der Waals surface area contributed by atoms with E-state index in [0.717, 1.165) is 32.1 Å². The van der Waals surface area contributed by atoms with Crippen molar-refractivity contribution in [3.05, 3.63) is 0 Å². The molecule has 0 aliphatic heterocycles. The van der Waals surface area contributed by atoms with E-state index in [1.807, 2.05) is 6.92 Å². The van der Waals surface area contributed by atoms with E-state index in [4.69, 9.17) is 4.74 Å². The second kappa shape index (κ2) is 9.87. The topological polar surface area (TPSA) is 9.23 Å². The zero-order valence-corrected chi connectivity index (χ0v) is 13.9. The molecule has 0 aliphatic rings. The minimum Gasteiger partial charge on any atom is -0.381 e. The van der Waals surface area contributed by atoms with Crippen molar-refractivity contribution >= 4 is 0 Å². The SMILES string of the molecule is CCCCCCCCOCCCC(F)(C(F)(F)F)C(F)(F)C(F)(F)F. The van der Waals surface area contributed by atoms with Gasteiger partial charge in [0.15, 0.2) is 0 Å². The molecule has 1 unspecified atom stereocenters. The number of rotatable bonds is 12. The van der Waals surface area contributed by atoms with Crippen LogP contribution in [0.1, 0.15) is 58.3 Å². The second-order valence-corrected chi connectivity index (χ2v) is 5.85. The van der Waals surface area contributed by atoms with Crippen LogP contribution in [0, 0.1) is 0 Å². The van der Waals surface area contributed by atoms with Crippen LogP contribution in [0.5, 0.6) is 0 Å². The summed E-state index contributed by atoms with van der Waals surface area (Å²) in [5.41, 5.74) is -5.68. The van der Waals surface area contributed by atoms with Crippen molar-refractivity contribution in [2.75, 3.05) is 13.2 Å². The minimum absolute atomic E-state index is 0.132. The first kappa shape index (κ1) is 24.3. The first-order valence-corrected chi connectivity index (χ1v) is 8.09. The maximum absolute atomic E-state index is 13.7. The van der Waals surface area contributed by atoms with Gasteiger partial charge in [-0.1, -0.05) is 39.0 Å². The molecular weight excluding hydrogens is 367 g/mol. The largest absolute Gasteiger partial charge is 0.457 e. The third kappa shape index (κ3) is 6.86. The van der Waals surface area contributed by atoms with Gasteiger partial charge in [0.2, 0.25) is 0 Å². The van der Waals surface area contributed by atoms with Crippen molar-refractivity contribution in [2.45, 2.75) is 82.2 Å². The van der Waals surface area contributed by atoms with Crippen LogP contribution in [0.4, 0.5) is 39.5 Å². The highest BCUT2D eigenvalue weighted by atomic mass is 19.4. The molecule has 0 saturated heterocycles. The molecule has 1 nitrogen and oxygen atoms in total. The number of halogens is 9. The van der Waals surface area contributed by atoms with Crippen LogP contribution in [-0.2, 0) is 4.74 Å². The molecule has 1 atom stereocenters. The third-order valence-corrected chi connectivity index (χ3v) is 3.76. The van der Waals surface area contributed by atoms with Crippen LogP contribution in [0.2, 0.25) is 0 Å². The molecular formula is C15H23F9O. The third-order valence-electron chi connectivity index (χ3n) is 3.76.